The Morgan fingerprint density at radius 2 is 1.93 bits per heavy atom. The van der Waals surface area contributed by atoms with Crippen LogP contribution in [0.5, 0.6) is 0 Å². The molecule has 0 aliphatic heterocycles. The summed E-state index contributed by atoms with van der Waals surface area (Å²) in [5.74, 6) is -2.00. The van der Waals surface area contributed by atoms with Gasteiger partial charge in [-0.1, -0.05) is 6.07 Å². The molecule has 0 radical (unpaired) electrons. The minimum Gasteiger partial charge on any atom is -0.396 e. The summed E-state index contributed by atoms with van der Waals surface area (Å²) in [7, 11) is 0. The van der Waals surface area contributed by atoms with Crippen molar-refractivity contribution >= 4 is 0 Å². The number of rotatable bonds is 4. The molecule has 5 heteroatoms. The molecule has 0 bridgehead atoms. The van der Waals surface area contributed by atoms with E-state index in [1.807, 2.05) is 0 Å². The van der Waals surface area contributed by atoms with Gasteiger partial charge in [0.1, 0.15) is 0 Å². The molecule has 0 aliphatic rings. The van der Waals surface area contributed by atoms with E-state index in [0.29, 0.717) is 0 Å². The van der Waals surface area contributed by atoms with Gasteiger partial charge in [0.2, 0.25) is 0 Å². The van der Waals surface area contributed by atoms with Crippen LogP contribution >= 0.6 is 0 Å². The maximum Gasteiger partial charge on any atom is 0.159 e. The molecule has 0 heterocycles. The minimum atomic E-state index is -1.10. The summed E-state index contributed by atoms with van der Waals surface area (Å²) < 4.78 is 25.4. The lowest BCUT2D eigenvalue weighted by Gasteiger charge is -2.18. The van der Waals surface area contributed by atoms with E-state index >= 15 is 0 Å². The molecule has 0 spiro atoms. The van der Waals surface area contributed by atoms with Crippen LogP contribution in [0.25, 0.3) is 0 Å². The highest BCUT2D eigenvalue weighted by Crippen LogP contribution is 2.19. The van der Waals surface area contributed by atoms with Crippen LogP contribution in [-0.2, 0) is 0 Å². The van der Waals surface area contributed by atoms with Gasteiger partial charge >= 0.3 is 0 Å². The van der Waals surface area contributed by atoms with E-state index in [4.69, 9.17) is 10.8 Å². The Bertz CT molecular complexity index is 333. The molecule has 4 N–H and O–H groups in total. The van der Waals surface area contributed by atoms with E-state index in [2.05, 4.69) is 0 Å². The van der Waals surface area contributed by atoms with Crippen LogP contribution in [0.1, 0.15) is 18.1 Å². The first-order valence-electron chi connectivity index (χ1n) is 4.55. The largest absolute Gasteiger partial charge is 0.396 e. The van der Waals surface area contributed by atoms with Crippen molar-refractivity contribution in [3.63, 3.8) is 0 Å². The lowest BCUT2D eigenvalue weighted by Crippen LogP contribution is -2.29. The second-order valence-corrected chi connectivity index (χ2v) is 3.29. The van der Waals surface area contributed by atoms with Gasteiger partial charge in [-0.15, -0.1) is 0 Å². The van der Waals surface area contributed by atoms with Crippen molar-refractivity contribution in [2.75, 3.05) is 6.61 Å². The van der Waals surface area contributed by atoms with Gasteiger partial charge in [-0.25, -0.2) is 8.78 Å². The third kappa shape index (κ3) is 2.95. The average Bonchev–Trinajstić information content (AvgIpc) is 2.21. The number of benzene rings is 1. The zero-order chi connectivity index (χ0) is 11.4. The number of nitrogens with two attached hydrogens (primary N) is 1. The van der Waals surface area contributed by atoms with Gasteiger partial charge in [-0.2, -0.15) is 0 Å². The van der Waals surface area contributed by atoms with Crippen molar-refractivity contribution in [1.29, 1.82) is 0 Å². The van der Waals surface area contributed by atoms with Gasteiger partial charge in [-0.3, -0.25) is 0 Å². The first-order chi connectivity index (χ1) is 7.06. The molecule has 0 fully saturated rings. The van der Waals surface area contributed by atoms with Gasteiger partial charge in [-0.05, 0) is 24.1 Å². The molecule has 0 saturated carbocycles. The van der Waals surface area contributed by atoms with Gasteiger partial charge < -0.3 is 15.9 Å². The van der Waals surface area contributed by atoms with Crippen LogP contribution in [0.15, 0.2) is 18.2 Å². The van der Waals surface area contributed by atoms with E-state index in [0.717, 1.165) is 12.1 Å². The fourth-order valence-electron chi connectivity index (χ4n) is 1.25. The van der Waals surface area contributed by atoms with Crippen molar-refractivity contribution in [1.82, 2.24) is 0 Å². The summed E-state index contributed by atoms with van der Waals surface area (Å²) in [6.07, 6.45) is -0.910. The summed E-state index contributed by atoms with van der Waals surface area (Å²) in [6, 6.07) is 2.40. The summed E-state index contributed by atoms with van der Waals surface area (Å²) in [5.41, 5.74) is 5.73. The van der Waals surface area contributed by atoms with Crippen molar-refractivity contribution in [2.45, 2.75) is 18.6 Å². The first kappa shape index (κ1) is 12.0. The third-order valence-corrected chi connectivity index (χ3v) is 2.15. The molecule has 0 amide bonds. The summed E-state index contributed by atoms with van der Waals surface area (Å²) in [5, 5.41) is 18.2. The molecule has 2 atom stereocenters. The number of aliphatic hydroxyl groups is 2. The van der Waals surface area contributed by atoms with Crippen LogP contribution < -0.4 is 5.73 Å². The summed E-state index contributed by atoms with van der Waals surface area (Å²) >= 11 is 0. The van der Waals surface area contributed by atoms with E-state index < -0.39 is 23.8 Å². The van der Waals surface area contributed by atoms with E-state index in [1.165, 1.54) is 6.07 Å². The van der Waals surface area contributed by atoms with Crippen LogP contribution in [0.3, 0.4) is 0 Å². The van der Waals surface area contributed by atoms with Gasteiger partial charge in [0.25, 0.3) is 0 Å². The molecule has 15 heavy (non-hydrogen) atoms. The standard InChI is InChI=1S/C10H13F2NO2/c11-7-2-1-6(5-8(7)12)10(15)9(13)3-4-14/h1-2,5,9-10,14-15H,3-4,13H2. The summed E-state index contributed by atoms with van der Waals surface area (Å²) in [6.45, 7) is -0.165. The Kier molecular flexibility index (Phi) is 4.14. The van der Waals surface area contributed by atoms with Crippen molar-refractivity contribution in [2.24, 2.45) is 5.73 Å². The SMILES string of the molecule is NC(CCO)C(O)c1ccc(F)c(F)c1. The van der Waals surface area contributed by atoms with Crippen LogP contribution in [0.2, 0.25) is 0 Å². The molecule has 3 nitrogen and oxygen atoms in total. The second-order valence-electron chi connectivity index (χ2n) is 3.29. The van der Waals surface area contributed by atoms with E-state index in [9.17, 15) is 13.9 Å². The molecule has 2 unspecified atom stereocenters. The minimum absolute atomic E-state index is 0.165. The number of hydrogen-bond acceptors (Lipinski definition) is 3. The average molecular weight is 217 g/mol. The maximum absolute atomic E-state index is 12.8. The zero-order valence-corrected chi connectivity index (χ0v) is 8.03. The number of aliphatic hydroxyl groups excluding tert-OH is 2. The molecule has 1 aromatic rings. The van der Waals surface area contributed by atoms with Gasteiger partial charge in [0, 0.05) is 12.6 Å². The van der Waals surface area contributed by atoms with Crippen LogP contribution in [0, 0.1) is 11.6 Å². The second kappa shape index (κ2) is 5.16. The van der Waals surface area contributed by atoms with E-state index in [1.54, 1.807) is 0 Å². The highest BCUT2D eigenvalue weighted by atomic mass is 19.2. The predicted molar refractivity (Wildman–Crippen MR) is 51.0 cm³/mol. The summed E-state index contributed by atoms with van der Waals surface area (Å²) in [4.78, 5) is 0. The maximum atomic E-state index is 12.8. The third-order valence-electron chi connectivity index (χ3n) is 2.15. The number of halogens is 2. The smallest absolute Gasteiger partial charge is 0.159 e. The topological polar surface area (TPSA) is 66.5 Å². The molecular weight excluding hydrogens is 204 g/mol. The van der Waals surface area contributed by atoms with Gasteiger partial charge in [0.15, 0.2) is 11.6 Å². The Hall–Kier alpha value is -1.04. The molecule has 1 rings (SSSR count). The van der Waals surface area contributed by atoms with Gasteiger partial charge in [0.05, 0.1) is 6.10 Å². The molecule has 1 aromatic carbocycles. The first-order valence-corrected chi connectivity index (χ1v) is 4.55. The monoisotopic (exact) mass is 217 g/mol. The number of hydrogen-bond donors (Lipinski definition) is 3. The highest BCUT2D eigenvalue weighted by Gasteiger charge is 2.17. The highest BCUT2D eigenvalue weighted by molar-refractivity contribution is 5.21. The Morgan fingerprint density at radius 1 is 1.27 bits per heavy atom. The molecule has 0 saturated heterocycles. The lowest BCUT2D eigenvalue weighted by molar-refractivity contribution is 0.128. The molecule has 0 aliphatic carbocycles. The fraction of sp³-hybridized carbons (Fsp3) is 0.400. The lowest BCUT2D eigenvalue weighted by atomic mass is 10.0. The van der Waals surface area contributed by atoms with Crippen molar-refractivity contribution in [3.05, 3.63) is 35.4 Å². The Balaban J connectivity index is 2.81. The van der Waals surface area contributed by atoms with Crippen LogP contribution in [-0.4, -0.2) is 22.9 Å². The van der Waals surface area contributed by atoms with Crippen LogP contribution in [0.4, 0.5) is 8.78 Å². The molecule has 84 valence electrons. The normalized spacial score (nSPS) is 15.0. The van der Waals surface area contributed by atoms with E-state index in [-0.39, 0.29) is 18.6 Å². The Labute approximate surface area is 86.2 Å². The Morgan fingerprint density at radius 3 is 2.47 bits per heavy atom. The zero-order valence-electron chi connectivity index (χ0n) is 8.03. The van der Waals surface area contributed by atoms with Crippen molar-refractivity contribution < 1.29 is 19.0 Å². The quantitative estimate of drug-likeness (QED) is 0.695. The molecule has 0 aromatic heterocycles. The van der Waals surface area contributed by atoms with Crippen molar-refractivity contribution in [3.8, 4) is 0 Å². The molecular formula is C10H13F2NO2. The fourth-order valence-corrected chi connectivity index (χ4v) is 1.25. The predicted octanol–water partition coefficient (Wildman–Crippen LogP) is 0.708.